The van der Waals surface area contributed by atoms with Crippen LogP contribution < -0.4 is 19.6 Å². The Bertz CT molecular complexity index is 2790. The summed E-state index contributed by atoms with van der Waals surface area (Å²) < 4.78 is 0. The molecule has 12 nitrogen and oxygen atoms in total. The first-order chi connectivity index (χ1) is 37.1. The zero-order chi connectivity index (χ0) is 53.0. The topological polar surface area (TPSA) is 142 Å². The van der Waals surface area contributed by atoms with Crippen LogP contribution in [0, 0.1) is 48.3 Å². The van der Waals surface area contributed by atoms with Crippen LogP contribution in [-0.4, -0.2) is 123 Å². The summed E-state index contributed by atoms with van der Waals surface area (Å²) in [5.74, 6) is 1.19. The Labute approximate surface area is 449 Å². The van der Waals surface area contributed by atoms with Gasteiger partial charge in [-0.3, -0.25) is 9.59 Å². The number of carbonyl (C=O) groups excluding carboxylic acids is 2. The van der Waals surface area contributed by atoms with E-state index in [0.717, 1.165) is 110 Å². The fraction of sp³-hybridized carbons (Fsp3) is 0.375. The Morgan fingerprint density at radius 3 is 1.22 bits per heavy atom. The van der Waals surface area contributed by atoms with Crippen molar-refractivity contribution in [2.45, 2.75) is 64.5 Å². The van der Waals surface area contributed by atoms with Crippen molar-refractivity contribution in [3.05, 3.63) is 190 Å². The highest BCUT2D eigenvalue weighted by Gasteiger charge is 2.32. The average Bonchev–Trinajstić information content (AvgIpc) is 3.48. The van der Waals surface area contributed by atoms with Gasteiger partial charge in [0, 0.05) is 87.9 Å². The standard InChI is InChI=1S/2C32H36N4O2/c2*1-24-11-12-26(32(38)35-17-18-36(30(22-35)23-37)29-8-3-2-4-9-29)20-28(24)19-25-13-15-34(16-14-25)31-10-6-5-7-27(31)21-33/h2*2-12,20,25,30,37H,13-19,22-23H2,1H3/t2*30-/m10/s1. The van der Waals surface area contributed by atoms with E-state index < -0.39 is 0 Å². The molecule has 6 aromatic rings. The predicted molar refractivity (Wildman–Crippen MR) is 303 cm³/mol. The van der Waals surface area contributed by atoms with E-state index in [1.165, 1.54) is 22.3 Å². The Balaban J connectivity index is 0.000000186. The van der Waals surface area contributed by atoms with Crippen molar-refractivity contribution in [3.8, 4) is 12.1 Å². The second-order valence-corrected chi connectivity index (χ2v) is 21.0. The number of nitriles is 2. The maximum absolute atomic E-state index is 13.5. The second kappa shape index (κ2) is 25.3. The van der Waals surface area contributed by atoms with E-state index in [-0.39, 0.29) is 37.1 Å². The Morgan fingerprint density at radius 2 is 0.855 bits per heavy atom. The van der Waals surface area contributed by atoms with Crippen LogP contribution in [0.1, 0.15) is 79.8 Å². The molecule has 4 fully saturated rings. The summed E-state index contributed by atoms with van der Waals surface area (Å²) in [6, 6.07) is 52.5. The minimum atomic E-state index is -0.114. The van der Waals surface area contributed by atoms with E-state index >= 15 is 0 Å². The number of aliphatic hydroxyl groups excluding tert-OH is 2. The molecule has 4 heterocycles. The van der Waals surface area contributed by atoms with Crippen LogP contribution in [0.15, 0.2) is 146 Å². The number of aliphatic hydroxyl groups is 2. The zero-order valence-electron chi connectivity index (χ0n) is 44.2. The molecular formula is C64H72N8O4. The summed E-state index contributed by atoms with van der Waals surface area (Å²) in [5, 5.41) is 39.1. The van der Waals surface area contributed by atoms with E-state index in [0.29, 0.717) is 51.1 Å². The van der Waals surface area contributed by atoms with Crippen LogP contribution in [0.2, 0.25) is 0 Å². The first kappa shape index (κ1) is 53.2. The highest BCUT2D eigenvalue weighted by molar-refractivity contribution is 5.95. The van der Waals surface area contributed by atoms with Gasteiger partial charge in [0.25, 0.3) is 11.8 Å². The van der Waals surface area contributed by atoms with E-state index in [4.69, 9.17) is 0 Å². The van der Waals surface area contributed by atoms with Gasteiger partial charge in [-0.25, -0.2) is 0 Å². The Kier molecular flexibility index (Phi) is 17.7. The third-order valence-corrected chi connectivity index (χ3v) is 16.3. The lowest BCUT2D eigenvalue weighted by molar-refractivity contribution is 0.0691. The normalized spacial score (nSPS) is 18.3. The molecule has 12 heteroatoms. The smallest absolute Gasteiger partial charge is 0.253 e. The lowest BCUT2D eigenvalue weighted by Crippen LogP contribution is -2.56. The number of benzene rings is 6. The van der Waals surface area contributed by atoms with E-state index in [9.17, 15) is 30.3 Å². The summed E-state index contributed by atoms with van der Waals surface area (Å²) in [5.41, 5.74) is 12.1. The molecule has 0 unspecified atom stereocenters. The largest absolute Gasteiger partial charge is 0.394 e. The number of piperazine rings is 2. The third-order valence-electron chi connectivity index (χ3n) is 16.3. The van der Waals surface area contributed by atoms with Crippen LogP contribution in [-0.2, 0) is 12.8 Å². The molecule has 392 valence electrons. The van der Waals surface area contributed by atoms with Crippen molar-refractivity contribution in [2.75, 3.05) is 98.3 Å². The molecule has 76 heavy (non-hydrogen) atoms. The van der Waals surface area contributed by atoms with Crippen molar-refractivity contribution in [3.63, 3.8) is 0 Å². The third kappa shape index (κ3) is 12.5. The number of hydrogen-bond acceptors (Lipinski definition) is 10. The number of nitrogens with zero attached hydrogens (tertiary/aromatic N) is 8. The maximum Gasteiger partial charge on any atom is 0.253 e. The van der Waals surface area contributed by atoms with Crippen LogP contribution in [0.3, 0.4) is 0 Å². The van der Waals surface area contributed by atoms with Gasteiger partial charge in [-0.2, -0.15) is 10.5 Å². The molecule has 0 saturated carbocycles. The van der Waals surface area contributed by atoms with Crippen LogP contribution in [0.4, 0.5) is 22.7 Å². The number of piperidine rings is 2. The van der Waals surface area contributed by atoms with Gasteiger partial charge in [-0.15, -0.1) is 0 Å². The van der Waals surface area contributed by atoms with Gasteiger partial charge in [0.05, 0.1) is 47.8 Å². The first-order valence-electron chi connectivity index (χ1n) is 27.2. The van der Waals surface area contributed by atoms with E-state index in [1.54, 1.807) is 0 Å². The number of amides is 2. The van der Waals surface area contributed by atoms with Gasteiger partial charge in [-0.1, -0.05) is 72.8 Å². The molecule has 10 rings (SSSR count). The zero-order valence-corrected chi connectivity index (χ0v) is 44.2. The molecule has 0 radical (unpaired) electrons. The highest BCUT2D eigenvalue weighted by atomic mass is 16.3. The van der Waals surface area contributed by atoms with Crippen molar-refractivity contribution < 1.29 is 19.8 Å². The van der Waals surface area contributed by atoms with E-state index in [1.807, 2.05) is 107 Å². The highest BCUT2D eigenvalue weighted by Crippen LogP contribution is 2.32. The SMILES string of the molecule is Cc1ccc(C(=O)N2CCN(c3ccccc3)[C@@H](CO)C2)cc1CC1CCN(c2ccccc2C#N)CC1.Cc1ccc(C(=O)N2CCN(c3ccccc3)[C@H](CO)C2)cc1CC1CCN(c2ccccc2C#N)CC1. The lowest BCUT2D eigenvalue weighted by atomic mass is 9.87. The number of anilines is 4. The Hall–Kier alpha value is -7.64. The molecule has 4 aliphatic rings. The fourth-order valence-corrected chi connectivity index (χ4v) is 11.8. The molecule has 2 N–H and O–H groups in total. The number of carbonyl (C=O) groups is 2. The van der Waals surface area contributed by atoms with Gasteiger partial charge in [0.15, 0.2) is 0 Å². The van der Waals surface area contributed by atoms with Crippen LogP contribution in [0.25, 0.3) is 0 Å². The number of para-hydroxylation sites is 4. The van der Waals surface area contributed by atoms with Gasteiger partial charge < -0.3 is 39.6 Å². The van der Waals surface area contributed by atoms with Gasteiger partial charge in [0.2, 0.25) is 0 Å². The first-order valence-corrected chi connectivity index (χ1v) is 27.2. The maximum atomic E-state index is 13.5. The van der Waals surface area contributed by atoms with Crippen molar-refractivity contribution in [1.82, 2.24) is 9.80 Å². The molecule has 4 saturated heterocycles. The monoisotopic (exact) mass is 1020 g/mol. The van der Waals surface area contributed by atoms with Gasteiger partial charge in [-0.05, 0) is 159 Å². The van der Waals surface area contributed by atoms with Gasteiger partial charge in [0.1, 0.15) is 12.1 Å². The minimum absolute atomic E-state index is 0.00929. The summed E-state index contributed by atoms with van der Waals surface area (Å²) in [6.07, 6.45) is 6.19. The summed E-state index contributed by atoms with van der Waals surface area (Å²) in [7, 11) is 0. The number of aryl methyl sites for hydroxylation is 2. The number of hydrogen-bond donors (Lipinski definition) is 2. The predicted octanol–water partition coefficient (Wildman–Crippen LogP) is 9.30. The van der Waals surface area contributed by atoms with Crippen molar-refractivity contribution in [2.24, 2.45) is 11.8 Å². The van der Waals surface area contributed by atoms with Crippen molar-refractivity contribution >= 4 is 34.6 Å². The average molecular weight is 1020 g/mol. The molecule has 4 aliphatic heterocycles. The summed E-state index contributed by atoms with van der Waals surface area (Å²) >= 11 is 0. The molecule has 0 aromatic heterocycles. The molecule has 0 bridgehead atoms. The molecular weight excluding hydrogens is 945 g/mol. The van der Waals surface area contributed by atoms with Crippen LogP contribution in [0.5, 0.6) is 0 Å². The quantitative estimate of drug-likeness (QED) is 0.122. The summed E-state index contributed by atoms with van der Waals surface area (Å²) in [4.78, 5) is 39.9. The molecule has 0 aliphatic carbocycles. The summed E-state index contributed by atoms with van der Waals surface area (Å²) in [6.45, 7) is 11.7. The second-order valence-electron chi connectivity index (χ2n) is 21.0. The molecule has 6 aromatic carbocycles. The lowest BCUT2D eigenvalue weighted by Gasteiger charge is -2.42. The number of rotatable bonds is 12. The van der Waals surface area contributed by atoms with E-state index in [2.05, 4.69) is 94.1 Å². The Morgan fingerprint density at radius 1 is 0.487 bits per heavy atom. The fourth-order valence-electron chi connectivity index (χ4n) is 11.8. The molecule has 2 amide bonds. The minimum Gasteiger partial charge on any atom is -0.394 e. The van der Waals surface area contributed by atoms with Crippen LogP contribution >= 0.6 is 0 Å². The van der Waals surface area contributed by atoms with Crippen molar-refractivity contribution in [1.29, 1.82) is 10.5 Å². The molecule has 0 spiro atoms. The van der Waals surface area contributed by atoms with Gasteiger partial charge >= 0.3 is 0 Å². The molecule has 2 atom stereocenters.